The molecule has 1 aliphatic heterocycles. The van der Waals surface area contributed by atoms with Crippen LogP contribution < -0.4 is 5.49 Å². The van der Waals surface area contributed by atoms with Crippen LogP contribution in [-0.2, 0) is 15.2 Å². The van der Waals surface area contributed by atoms with Gasteiger partial charge in [-0.15, -0.1) is 0 Å². The quantitative estimate of drug-likeness (QED) is 0.450. The molecule has 3 aromatic rings. The van der Waals surface area contributed by atoms with Gasteiger partial charge in [-0.2, -0.15) is 0 Å². The van der Waals surface area contributed by atoms with E-state index >= 15 is 0 Å². The number of fused-ring (bicyclic) bond motifs is 1. The molecule has 0 bridgehead atoms. The minimum absolute atomic E-state index is 0.377. The van der Waals surface area contributed by atoms with Gasteiger partial charge in [-0.1, -0.05) is 28.9 Å². The number of rotatable bonds is 5. The smallest absolute Gasteiger partial charge is 0.203 e. The van der Waals surface area contributed by atoms with Crippen molar-refractivity contribution >= 4 is 22.6 Å². The Morgan fingerprint density at radius 2 is 2.00 bits per heavy atom. The van der Waals surface area contributed by atoms with Crippen molar-refractivity contribution in [3.8, 4) is 0 Å². The Morgan fingerprint density at radius 3 is 2.70 bits per heavy atom. The molecule has 30 heavy (non-hydrogen) atoms. The van der Waals surface area contributed by atoms with E-state index in [-0.39, 0.29) is 0 Å². The summed E-state index contributed by atoms with van der Waals surface area (Å²) < 4.78 is 7.62. The van der Waals surface area contributed by atoms with Gasteiger partial charge in [0.05, 0.1) is 11.7 Å². The number of hydrogen-bond acceptors (Lipinski definition) is 7. The molecule has 4 rings (SSSR count). The van der Waals surface area contributed by atoms with Gasteiger partial charge in [0.1, 0.15) is 36.2 Å². The lowest BCUT2D eigenvalue weighted by molar-refractivity contribution is -0.135. The first kappa shape index (κ1) is 20.8. The third-order valence-electron chi connectivity index (χ3n) is 5.32. The molecular formula is C20H23ClN4O5. The Morgan fingerprint density at radius 1 is 1.27 bits per heavy atom. The van der Waals surface area contributed by atoms with E-state index in [4.69, 9.17) is 21.2 Å². The van der Waals surface area contributed by atoms with Gasteiger partial charge in [-0.25, -0.2) is 4.98 Å². The molecule has 0 spiro atoms. The summed E-state index contributed by atoms with van der Waals surface area (Å²) in [6, 6.07) is 8.36. The number of aliphatic hydroxyl groups excluding tert-OH is 2. The summed E-state index contributed by atoms with van der Waals surface area (Å²) in [5, 5.41) is 37.7. The Kier molecular flexibility index (Phi) is 5.56. The fourth-order valence-corrected chi connectivity index (χ4v) is 3.85. The average Bonchev–Trinajstić information content (AvgIpc) is 3.29. The highest BCUT2D eigenvalue weighted by Crippen LogP contribution is 2.40. The molecule has 0 radical (unpaired) electrons. The number of aromatic amines is 1. The normalized spacial score (nSPS) is 26.8. The van der Waals surface area contributed by atoms with E-state index in [2.05, 4.69) is 15.1 Å². The predicted molar refractivity (Wildman–Crippen MR) is 108 cm³/mol. The third-order valence-corrected chi connectivity index (χ3v) is 5.57. The van der Waals surface area contributed by atoms with Gasteiger partial charge in [-0.05, 0) is 37.6 Å². The van der Waals surface area contributed by atoms with E-state index in [0.29, 0.717) is 33.7 Å². The second kappa shape index (κ2) is 8.01. The van der Waals surface area contributed by atoms with Gasteiger partial charge in [0.15, 0.2) is 6.23 Å². The first-order valence-electron chi connectivity index (χ1n) is 9.54. The van der Waals surface area contributed by atoms with Crippen molar-refractivity contribution in [1.82, 2.24) is 14.5 Å². The molecule has 0 saturated carbocycles. The van der Waals surface area contributed by atoms with E-state index in [1.807, 2.05) is 6.92 Å². The van der Waals surface area contributed by atoms with Crippen LogP contribution >= 0.6 is 11.6 Å². The van der Waals surface area contributed by atoms with Crippen molar-refractivity contribution in [2.24, 2.45) is 5.16 Å². The van der Waals surface area contributed by atoms with Crippen LogP contribution in [0, 0.1) is 0 Å². The van der Waals surface area contributed by atoms with Crippen molar-refractivity contribution in [3.05, 3.63) is 58.9 Å². The number of hydrogen-bond donors (Lipinski definition) is 4. The van der Waals surface area contributed by atoms with Crippen LogP contribution in [0.3, 0.4) is 0 Å². The Balaban J connectivity index is 1.69. The standard InChI is InChI=1S/C20H23ClN4O5/c1-3-29-24-17-13-8-9-25(18(13)23-10-22-17)19-15(27)14(26)16(30-19)20(2,28)11-4-6-12(21)7-5-11/h4-10,14-16,19,26-28H,3H2,1-2H3,(H,22,23,24)/t14-,15+,16-,19+,20+/m0/s1. The number of halogens is 1. The van der Waals surface area contributed by atoms with E-state index < -0.39 is 30.1 Å². The van der Waals surface area contributed by atoms with Crippen LogP contribution in [0.4, 0.5) is 0 Å². The van der Waals surface area contributed by atoms with Gasteiger partial charge < -0.3 is 34.4 Å². The van der Waals surface area contributed by atoms with Crippen LogP contribution in [-0.4, -0.2) is 54.8 Å². The molecule has 10 heteroatoms. The zero-order valence-electron chi connectivity index (χ0n) is 16.4. The highest BCUT2D eigenvalue weighted by molar-refractivity contribution is 6.30. The average molecular weight is 435 g/mol. The van der Waals surface area contributed by atoms with Crippen molar-refractivity contribution in [2.45, 2.75) is 44.0 Å². The minimum atomic E-state index is -1.57. The fraction of sp³-hybridized carbons (Fsp3) is 0.400. The number of nitrogens with zero attached hydrogens (tertiary/aromatic N) is 3. The molecule has 0 aliphatic carbocycles. The van der Waals surface area contributed by atoms with Crippen LogP contribution in [0.25, 0.3) is 11.0 Å². The van der Waals surface area contributed by atoms with Crippen molar-refractivity contribution < 1.29 is 24.9 Å². The topological polar surface area (TPSA) is 125 Å². The van der Waals surface area contributed by atoms with Gasteiger partial charge >= 0.3 is 0 Å². The molecule has 4 N–H and O–H groups in total. The molecule has 0 unspecified atom stereocenters. The monoisotopic (exact) mass is 434 g/mol. The number of nitrogens with one attached hydrogen (secondary N) is 1. The largest absolute Gasteiger partial charge is 0.394 e. The van der Waals surface area contributed by atoms with Gasteiger partial charge in [-0.3, -0.25) is 0 Å². The molecule has 5 atom stereocenters. The Labute approximate surface area is 177 Å². The lowest BCUT2D eigenvalue weighted by Gasteiger charge is -2.32. The van der Waals surface area contributed by atoms with Crippen molar-refractivity contribution in [3.63, 3.8) is 0 Å². The maximum atomic E-state index is 11.1. The first-order valence-corrected chi connectivity index (χ1v) is 9.92. The van der Waals surface area contributed by atoms with Crippen LogP contribution in [0.15, 0.2) is 48.0 Å². The fourth-order valence-electron chi connectivity index (χ4n) is 3.72. The van der Waals surface area contributed by atoms with Crippen LogP contribution in [0.5, 0.6) is 0 Å². The summed E-state index contributed by atoms with van der Waals surface area (Å²) in [5.41, 5.74) is -0.105. The number of ether oxygens (including phenoxy) is 1. The highest BCUT2D eigenvalue weighted by atomic mass is 35.5. The predicted octanol–water partition coefficient (Wildman–Crippen LogP) is 1.40. The van der Waals surface area contributed by atoms with Crippen molar-refractivity contribution in [2.75, 3.05) is 6.61 Å². The molecule has 0 amide bonds. The molecule has 160 valence electrons. The Bertz CT molecular complexity index is 1090. The van der Waals surface area contributed by atoms with E-state index in [1.54, 1.807) is 41.1 Å². The van der Waals surface area contributed by atoms with Crippen LogP contribution in [0.2, 0.25) is 5.02 Å². The highest BCUT2D eigenvalue weighted by Gasteiger charge is 2.52. The second-order valence-corrected chi connectivity index (χ2v) is 7.74. The summed E-state index contributed by atoms with van der Waals surface area (Å²) in [6.07, 6.45) is -1.49. The van der Waals surface area contributed by atoms with E-state index in [0.717, 1.165) is 0 Å². The number of aliphatic hydroxyl groups is 3. The molecule has 2 aromatic heterocycles. The molecule has 9 nitrogen and oxygen atoms in total. The van der Waals surface area contributed by atoms with Gasteiger partial charge in [0, 0.05) is 11.2 Å². The van der Waals surface area contributed by atoms with Gasteiger partial charge in [0.25, 0.3) is 0 Å². The third kappa shape index (κ3) is 3.48. The molecule has 1 aliphatic rings. The van der Waals surface area contributed by atoms with Crippen molar-refractivity contribution in [1.29, 1.82) is 0 Å². The van der Waals surface area contributed by atoms with Gasteiger partial charge in [0.2, 0.25) is 5.49 Å². The lowest BCUT2D eigenvalue weighted by Crippen LogP contribution is -2.45. The molecule has 3 heterocycles. The lowest BCUT2D eigenvalue weighted by atomic mass is 9.87. The van der Waals surface area contributed by atoms with Crippen LogP contribution in [0.1, 0.15) is 25.6 Å². The number of benzene rings is 1. The summed E-state index contributed by atoms with van der Waals surface area (Å²) in [6.45, 7) is 3.75. The first-order chi connectivity index (χ1) is 14.3. The summed E-state index contributed by atoms with van der Waals surface area (Å²) >= 11 is 5.93. The molecule has 1 aromatic carbocycles. The maximum Gasteiger partial charge on any atom is 0.203 e. The van der Waals surface area contributed by atoms with E-state index in [9.17, 15) is 15.3 Å². The molecule has 1 fully saturated rings. The minimum Gasteiger partial charge on any atom is -0.394 e. The zero-order chi connectivity index (χ0) is 21.5. The second-order valence-electron chi connectivity index (χ2n) is 7.30. The molecule has 1 saturated heterocycles. The SMILES string of the molecule is CCO/N=c1\nc[nH]c2c1ccn2[C@@H]1O[C@H]([C@](C)(O)c2ccc(Cl)cc2)[C@@H](O)[C@H]1O. The summed E-state index contributed by atoms with van der Waals surface area (Å²) in [4.78, 5) is 12.3. The zero-order valence-corrected chi connectivity index (χ0v) is 17.2. The summed E-state index contributed by atoms with van der Waals surface area (Å²) in [5.74, 6) is 0. The maximum absolute atomic E-state index is 11.1. The summed E-state index contributed by atoms with van der Waals surface area (Å²) in [7, 11) is 0. The van der Waals surface area contributed by atoms with E-state index in [1.165, 1.54) is 13.3 Å². The number of H-pyrrole nitrogens is 1. The Hall–Kier alpha value is -2.43. The number of aromatic nitrogens is 3. The molecular weight excluding hydrogens is 412 g/mol.